The Balaban J connectivity index is 2.02. The van der Waals surface area contributed by atoms with Crippen molar-refractivity contribution in [1.82, 2.24) is 9.97 Å². The molecule has 0 aliphatic heterocycles. The second-order valence-electron chi connectivity index (χ2n) is 3.95. The lowest BCUT2D eigenvalue weighted by molar-refractivity contribution is 0.00303. The van der Waals surface area contributed by atoms with Gasteiger partial charge in [0, 0.05) is 18.6 Å². The summed E-state index contributed by atoms with van der Waals surface area (Å²) < 4.78 is 0. The minimum Gasteiger partial charge on any atom is -0.365 e. The summed E-state index contributed by atoms with van der Waals surface area (Å²) in [5.41, 5.74) is 1.14. The van der Waals surface area contributed by atoms with Crippen molar-refractivity contribution in [1.29, 1.82) is 0 Å². The molecule has 2 aromatic rings. The highest BCUT2D eigenvalue weighted by molar-refractivity contribution is 6.03. The van der Waals surface area contributed by atoms with Gasteiger partial charge in [0.15, 0.2) is 6.29 Å². The van der Waals surface area contributed by atoms with Gasteiger partial charge in [-0.1, -0.05) is 6.08 Å². The molecule has 102 valence electrons. The van der Waals surface area contributed by atoms with Crippen LogP contribution < -0.4 is 5.32 Å². The first kappa shape index (κ1) is 13.9. The fourth-order valence-corrected chi connectivity index (χ4v) is 1.46. The number of rotatable bonds is 4. The zero-order valence-electron chi connectivity index (χ0n) is 10.5. The van der Waals surface area contributed by atoms with E-state index in [9.17, 15) is 4.79 Å². The van der Waals surface area contributed by atoms with Gasteiger partial charge in [0.05, 0.1) is 5.56 Å². The Morgan fingerprint density at radius 1 is 1.25 bits per heavy atom. The molecule has 0 radical (unpaired) electrons. The molecule has 0 saturated heterocycles. The Kier molecular flexibility index (Phi) is 4.54. The molecule has 0 atom stereocenters. The van der Waals surface area contributed by atoms with Gasteiger partial charge in [0.25, 0.3) is 5.91 Å². The van der Waals surface area contributed by atoms with E-state index < -0.39 is 6.29 Å². The van der Waals surface area contributed by atoms with Crippen molar-refractivity contribution in [2.24, 2.45) is 0 Å². The lowest BCUT2D eigenvalue weighted by atomic mass is 10.2. The Morgan fingerprint density at radius 2 is 2.10 bits per heavy atom. The number of aliphatic hydroxyl groups is 2. The summed E-state index contributed by atoms with van der Waals surface area (Å²) >= 11 is 0. The first-order valence-electron chi connectivity index (χ1n) is 5.87. The second kappa shape index (κ2) is 6.55. The molecule has 0 aliphatic rings. The third kappa shape index (κ3) is 3.98. The monoisotopic (exact) mass is 271 g/mol. The second-order valence-corrected chi connectivity index (χ2v) is 3.95. The maximum atomic E-state index is 11.8. The van der Waals surface area contributed by atoms with Crippen LogP contribution in [0.4, 0.5) is 5.82 Å². The number of anilines is 1. The minimum atomic E-state index is -1.50. The van der Waals surface area contributed by atoms with Crippen LogP contribution in [-0.2, 0) is 0 Å². The Hall–Kier alpha value is -2.57. The SMILES string of the molecule is O=C(Nc1ccc(/C=C/C(O)O)cn1)c1cccnc1. The van der Waals surface area contributed by atoms with Gasteiger partial charge in [-0.3, -0.25) is 9.78 Å². The lowest BCUT2D eigenvalue weighted by Crippen LogP contribution is -2.12. The number of nitrogens with zero attached hydrogens (tertiary/aromatic N) is 2. The zero-order valence-corrected chi connectivity index (χ0v) is 10.5. The fourth-order valence-electron chi connectivity index (χ4n) is 1.46. The van der Waals surface area contributed by atoms with Crippen molar-refractivity contribution in [3.8, 4) is 0 Å². The normalized spacial score (nSPS) is 10.9. The van der Waals surface area contributed by atoms with E-state index >= 15 is 0 Å². The van der Waals surface area contributed by atoms with Crippen LogP contribution in [0.25, 0.3) is 6.08 Å². The van der Waals surface area contributed by atoms with E-state index in [0.29, 0.717) is 16.9 Å². The Morgan fingerprint density at radius 3 is 2.70 bits per heavy atom. The molecule has 1 amide bonds. The van der Waals surface area contributed by atoms with E-state index in [2.05, 4.69) is 15.3 Å². The molecule has 0 saturated carbocycles. The predicted octanol–water partition coefficient (Wildman–Crippen LogP) is 1.05. The third-order valence-corrected chi connectivity index (χ3v) is 2.41. The van der Waals surface area contributed by atoms with Crippen molar-refractivity contribution < 1.29 is 15.0 Å². The number of nitrogens with one attached hydrogen (secondary N) is 1. The maximum absolute atomic E-state index is 11.8. The number of aliphatic hydroxyl groups excluding tert-OH is 1. The molecule has 0 aliphatic carbocycles. The standard InChI is InChI=1S/C14H13N3O3/c18-13(19)6-4-10-3-5-12(16-8-10)17-14(20)11-2-1-7-15-9-11/h1-9,13,18-19H,(H,16,17,20)/b6-4+. The van der Waals surface area contributed by atoms with Gasteiger partial charge in [-0.15, -0.1) is 0 Å². The molecule has 2 rings (SSSR count). The van der Waals surface area contributed by atoms with E-state index in [0.717, 1.165) is 0 Å². The average Bonchev–Trinajstić information content (AvgIpc) is 2.47. The van der Waals surface area contributed by atoms with E-state index in [1.165, 1.54) is 24.5 Å². The van der Waals surface area contributed by atoms with Crippen LogP contribution >= 0.6 is 0 Å². The molecular formula is C14H13N3O3. The molecule has 0 bridgehead atoms. The largest absolute Gasteiger partial charge is 0.365 e. The van der Waals surface area contributed by atoms with Crippen LogP contribution in [0.2, 0.25) is 0 Å². The summed E-state index contributed by atoms with van der Waals surface area (Å²) in [7, 11) is 0. The van der Waals surface area contributed by atoms with Crippen molar-refractivity contribution in [3.63, 3.8) is 0 Å². The Labute approximate surface area is 115 Å². The number of carbonyl (C=O) groups excluding carboxylic acids is 1. The summed E-state index contributed by atoms with van der Waals surface area (Å²) in [5, 5.41) is 20.0. The fraction of sp³-hybridized carbons (Fsp3) is 0.0714. The molecule has 2 heterocycles. The highest BCUT2D eigenvalue weighted by atomic mass is 16.5. The Bertz CT molecular complexity index is 595. The highest BCUT2D eigenvalue weighted by Gasteiger charge is 2.05. The first-order valence-corrected chi connectivity index (χ1v) is 5.87. The van der Waals surface area contributed by atoms with Crippen LogP contribution in [0.3, 0.4) is 0 Å². The predicted molar refractivity (Wildman–Crippen MR) is 73.7 cm³/mol. The summed E-state index contributed by atoms with van der Waals surface area (Å²) in [4.78, 5) is 19.8. The van der Waals surface area contributed by atoms with Gasteiger partial charge in [-0.05, 0) is 35.9 Å². The number of hydrogen-bond donors (Lipinski definition) is 3. The highest BCUT2D eigenvalue weighted by Crippen LogP contribution is 2.08. The van der Waals surface area contributed by atoms with E-state index in [4.69, 9.17) is 10.2 Å². The number of hydrogen-bond acceptors (Lipinski definition) is 5. The van der Waals surface area contributed by atoms with Gasteiger partial charge in [0.2, 0.25) is 0 Å². The quantitative estimate of drug-likeness (QED) is 0.722. The molecule has 6 heteroatoms. The van der Waals surface area contributed by atoms with Gasteiger partial charge in [0.1, 0.15) is 5.82 Å². The molecular weight excluding hydrogens is 258 g/mol. The number of aromatic nitrogens is 2. The van der Waals surface area contributed by atoms with Crippen LogP contribution in [0, 0.1) is 0 Å². The van der Waals surface area contributed by atoms with Crippen LogP contribution in [0.15, 0.2) is 48.9 Å². The third-order valence-electron chi connectivity index (χ3n) is 2.41. The molecule has 3 N–H and O–H groups in total. The summed E-state index contributed by atoms with van der Waals surface area (Å²) in [6.07, 6.45) is 5.80. The van der Waals surface area contributed by atoms with Crippen LogP contribution in [0.5, 0.6) is 0 Å². The molecule has 6 nitrogen and oxygen atoms in total. The van der Waals surface area contributed by atoms with Crippen molar-refractivity contribution in [2.75, 3.05) is 5.32 Å². The molecule has 0 fully saturated rings. The number of carbonyl (C=O) groups is 1. The minimum absolute atomic E-state index is 0.292. The van der Waals surface area contributed by atoms with Crippen molar-refractivity contribution >= 4 is 17.8 Å². The molecule has 2 aromatic heterocycles. The van der Waals surface area contributed by atoms with Gasteiger partial charge >= 0.3 is 0 Å². The van der Waals surface area contributed by atoms with Gasteiger partial charge < -0.3 is 15.5 Å². The van der Waals surface area contributed by atoms with Crippen molar-refractivity contribution in [2.45, 2.75) is 6.29 Å². The summed E-state index contributed by atoms with van der Waals surface area (Å²) in [6, 6.07) is 6.65. The van der Waals surface area contributed by atoms with Crippen molar-refractivity contribution in [3.05, 3.63) is 60.1 Å². The topological polar surface area (TPSA) is 95.3 Å². The number of amides is 1. The number of pyridine rings is 2. The smallest absolute Gasteiger partial charge is 0.258 e. The average molecular weight is 271 g/mol. The van der Waals surface area contributed by atoms with Crippen LogP contribution in [-0.4, -0.2) is 32.4 Å². The van der Waals surface area contributed by atoms with E-state index in [1.807, 2.05) is 0 Å². The molecule has 0 aromatic carbocycles. The maximum Gasteiger partial charge on any atom is 0.258 e. The molecule has 0 spiro atoms. The van der Waals surface area contributed by atoms with E-state index in [1.54, 1.807) is 30.5 Å². The first-order chi connectivity index (χ1) is 9.65. The lowest BCUT2D eigenvalue weighted by Gasteiger charge is -2.04. The molecule has 0 unspecified atom stereocenters. The van der Waals surface area contributed by atoms with Crippen LogP contribution in [0.1, 0.15) is 15.9 Å². The zero-order chi connectivity index (χ0) is 14.4. The van der Waals surface area contributed by atoms with Gasteiger partial charge in [-0.25, -0.2) is 4.98 Å². The summed E-state index contributed by atoms with van der Waals surface area (Å²) in [6.45, 7) is 0. The van der Waals surface area contributed by atoms with E-state index in [-0.39, 0.29) is 5.91 Å². The van der Waals surface area contributed by atoms with Gasteiger partial charge in [-0.2, -0.15) is 0 Å². The summed E-state index contributed by atoms with van der Waals surface area (Å²) in [5.74, 6) is 0.111. The molecule has 20 heavy (non-hydrogen) atoms.